The lowest BCUT2D eigenvalue weighted by Crippen LogP contribution is -2.01. The van der Waals surface area contributed by atoms with Gasteiger partial charge in [-0.1, -0.05) is 48.5 Å². The van der Waals surface area contributed by atoms with E-state index in [1.54, 1.807) is 0 Å². The van der Waals surface area contributed by atoms with Gasteiger partial charge in [-0.25, -0.2) is 0 Å². The van der Waals surface area contributed by atoms with Crippen molar-refractivity contribution in [1.29, 1.82) is 0 Å². The van der Waals surface area contributed by atoms with Crippen molar-refractivity contribution in [3.63, 3.8) is 0 Å². The number of hydrogen-bond donors (Lipinski definition) is 0. The molecule has 0 spiro atoms. The highest BCUT2D eigenvalue weighted by Crippen LogP contribution is 2.17. The number of nitrogens with zero attached hydrogens (tertiary/aromatic N) is 1. The Hall–Kier alpha value is -1.89. The summed E-state index contributed by atoms with van der Waals surface area (Å²) in [6, 6.07) is 17.3. The van der Waals surface area contributed by atoms with Gasteiger partial charge in [-0.2, -0.15) is 0 Å². The van der Waals surface area contributed by atoms with E-state index in [1.807, 2.05) is 6.07 Å². The first-order valence-electron chi connectivity index (χ1n) is 7.20. The topological polar surface area (TPSA) is 12.4 Å². The Bertz CT molecular complexity index is 596. The molecule has 0 aliphatic rings. The molecule has 0 saturated heterocycles. The van der Waals surface area contributed by atoms with Gasteiger partial charge in [-0.3, -0.25) is 4.99 Å². The molecule has 0 N–H and O–H groups in total. The standard InChI is InChI=1S/C19H23N/c1-14-10-11-18(12-15(14)2)13-16(3)20-17(4)19-8-6-5-7-9-19/h5-12,17H,13H2,1-4H3/b20-16+/t17-/m1/s1. The van der Waals surface area contributed by atoms with Crippen LogP contribution in [0.2, 0.25) is 0 Å². The lowest BCUT2D eigenvalue weighted by atomic mass is 10.0. The Balaban J connectivity index is 2.09. The second-order valence-corrected chi connectivity index (χ2v) is 5.55. The van der Waals surface area contributed by atoms with Crippen molar-refractivity contribution in [2.45, 2.75) is 40.2 Å². The molecule has 0 amide bonds. The summed E-state index contributed by atoms with van der Waals surface area (Å²) in [5.74, 6) is 0. The van der Waals surface area contributed by atoms with Crippen LogP contribution >= 0.6 is 0 Å². The Morgan fingerprint density at radius 3 is 2.35 bits per heavy atom. The van der Waals surface area contributed by atoms with Gasteiger partial charge < -0.3 is 0 Å². The van der Waals surface area contributed by atoms with Gasteiger partial charge in [-0.15, -0.1) is 0 Å². The third-order valence-corrected chi connectivity index (χ3v) is 3.73. The van der Waals surface area contributed by atoms with Crippen LogP contribution in [0.15, 0.2) is 53.5 Å². The minimum absolute atomic E-state index is 0.225. The molecule has 1 atom stereocenters. The molecule has 1 heteroatoms. The fraction of sp³-hybridized carbons (Fsp3) is 0.316. The maximum absolute atomic E-state index is 4.81. The van der Waals surface area contributed by atoms with E-state index in [9.17, 15) is 0 Å². The zero-order valence-electron chi connectivity index (χ0n) is 12.9. The highest BCUT2D eigenvalue weighted by atomic mass is 14.8. The zero-order chi connectivity index (χ0) is 14.5. The third-order valence-electron chi connectivity index (χ3n) is 3.73. The first-order chi connectivity index (χ1) is 9.56. The summed E-state index contributed by atoms with van der Waals surface area (Å²) >= 11 is 0. The van der Waals surface area contributed by atoms with E-state index < -0.39 is 0 Å². The summed E-state index contributed by atoms with van der Waals surface area (Å²) in [7, 11) is 0. The third kappa shape index (κ3) is 3.80. The van der Waals surface area contributed by atoms with E-state index in [-0.39, 0.29) is 6.04 Å². The number of aliphatic imine (C=N–C) groups is 1. The Labute approximate surface area is 122 Å². The fourth-order valence-electron chi connectivity index (χ4n) is 2.39. The minimum atomic E-state index is 0.225. The molecule has 0 fully saturated rings. The molecule has 20 heavy (non-hydrogen) atoms. The monoisotopic (exact) mass is 265 g/mol. The predicted molar refractivity (Wildman–Crippen MR) is 87.6 cm³/mol. The van der Waals surface area contributed by atoms with Gasteiger partial charge in [0.15, 0.2) is 0 Å². The fourth-order valence-corrected chi connectivity index (χ4v) is 2.39. The second-order valence-electron chi connectivity index (χ2n) is 5.55. The van der Waals surface area contributed by atoms with Gasteiger partial charge in [0.25, 0.3) is 0 Å². The van der Waals surface area contributed by atoms with Crippen LogP contribution in [0.3, 0.4) is 0 Å². The average molecular weight is 265 g/mol. The Kier molecular flexibility index (Phi) is 4.73. The molecule has 0 radical (unpaired) electrons. The molecule has 0 aliphatic carbocycles. The summed E-state index contributed by atoms with van der Waals surface area (Å²) in [6.07, 6.45) is 0.929. The molecule has 104 valence electrons. The smallest absolute Gasteiger partial charge is 0.0720 e. The summed E-state index contributed by atoms with van der Waals surface area (Å²) in [5.41, 5.74) is 6.50. The van der Waals surface area contributed by atoms with Crippen LogP contribution in [0.25, 0.3) is 0 Å². The normalized spacial score (nSPS) is 13.3. The van der Waals surface area contributed by atoms with Crippen LogP contribution in [0, 0.1) is 13.8 Å². The Morgan fingerprint density at radius 1 is 1.00 bits per heavy atom. The van der Waals surface area contributed by atoms with Crippen molar-refractivity contribution >= 4 is 5.71 Å². The van der Waals surface area contributed by atoms with Crippen LogP contribution < -0.4 is 0 Å². The number of benzene rings is 2. The SMILES string of the molecule is C/C(Cc1ccc(C)c(C)c1)=N\[C@H](C)c1ccccc1. The zero-order valence-corrected chi connectivity index (χ0v) is 12.9. The van der Waals surface area contributed by atoms with E-state index in [4.69, 9.17) is 4.99 Å². The van der Waals surface area contributed by atoms with Crippen molar-refractivity contribution in [2.75, 3.05) is 0 Å². The number of aryl methyl sites for hydroxylation is 2. The molecule has 0 saturated carbocycles. The Morgan fingerprint density at radius 2 is 1.70 bits per heavy atom. The van der Waals surface area contributed by atoms with E-state index >= 15 is 0 Å². The molecule has 1 nitrogen and oxygen atoms in total. The van der Waals surface area contributed by atoms with Crippen LogP contribution in [0.4, 0.5) is 0 Å². The molecule has 2 aromatic carbocycles. The van der Waals surface area contributed by atoms with Crippen molar-refractivity contribution in [3.05, 3.63) is 70.8 Å². The summed E-state index contributed by atoms with van der Waals surface area (Å²) in [4.78, 5) is 4.81. The first-order valence-corrected chi connectivity index (χ1v) is 7.20. The van der Waals surface area contributed by atoms with Gasteiger partial charge in [0.05, 0.1) is 6.04 Å². The maximum atomic E-state index is 4.81. The van der Waals surface area contributed by atoms with Gasteiger partial charge in [-0.05, 0) is 49.9 Å². The quantitative estimate of drug-likeness (QED) is 0.684. The van der Waals surface area contributed by atoms with Crippen molar-refractivity contribution in [1.82, 2.24) is 0 Å². The van der Waals surface area contributed by atoms with Crippen LogP contribution in [0.1, 0.15) is 42.1 Å². The molecular formula is C19H23N. The highest BCUT2D eigenvalue weighted by molar-refractivity contribution is 5.84. The van der Waals surface area contributed by atoms with E-state index in [0.717, 1.165) is 6.42 Å². The average Bonchev–Trinajstić information content (AvgIpc) is 2.44. The molecule has 0 aromatic heterocycles. The van der Waals surface area contributed by atoms with E-state index in [1.165, 1.54) is 28.0 Å². The summed E-state index contributed by atoms with van der Waals surface area (Å²) in [5, 5.41) is 0. The van der Waals surface area contributed by atoms with E-state index in [2.05, 4.69) is 70.2 Å². The molecular weight excluding hydrogens is 242 g/mol. The lowest BCUT2D eigenvalue weighted by molar-refractivity contribution is 0.815. The molecule has 0 unspecified atom stereocenters. The molecule has 2 rings (SSSR count). The van der Waals surface area contributed by atoms with Crippen molar-refractivity contribution < 1.29 is 0 Å². The maximum Gasteiger partial charge on any atom is 0.0720 e. The highest BCUT2D eigenvalue weighted by Gasteiger charge is 2.04. The summed E-state index contributed by atoms with van der Waals surface area (Å²) < 4.78 is 0. The number of hydrogen-bond acceptors (Lipinski definition) is 1. The van der Waals surface area contributed by atoms with Gasteiger partial charge in [0.1, 0.15) is 0 Å². The number of rotatable bonds is 4. The van der Waals surface area contributed by atoms with Crippen molar-refractivity contribution in [2.24, 2.45) is 4.99 Å². The van der Waals surface area contributed by atoms with E-state index in [0.29, 0.717) is 0 Å². The summed E-state index contributed by atoms with van der Waals surface area (Å²) in [6.45, 7) is 8.59. The van der Waals surface area contributed by atoms with Gasteiger partial charge in [0.2, 0.25) is 0 Å². The first kappa shape index (κ1) is 14.5. The molecule has 0 heterocycles. The second kappa shape index (κ2) is 6.51. The van der Waals surface area contributed by atoms with Gasteiger partial charge in [0, 0.05) is 12.1 Å². The van der Waals surface area contributed by atoms with Crippen LogP contribution in [-0.4, -0.2) is 5.71 Å². The van der Waals surface area contributed by atoms with Crippen LogP contribution in [0.5, 0.6) is 0 Å². The molecule has 0 aliphatic heterocycles. The van der Waals surface area contributed by atoms with Crippen LogP contribution in [-0.2, 0) is 6.42 Å². The largest absolute Gasteiger partial charge is 0.286 e. The molecule has 2 aromatic rings. The minimum Gasteiger partial charge on any atom is -0.286 e. The van der Waals surface area contributed by atoms with Gasteiger partial charge >= 0.3 is 0 Å². The van der Waals surface area contributed by atoms with Crippen molar-refractivity contribution in [3.8, 4) is 0 Å². The molecule has 0 bridgehead atoms. The lowest BCUT2D eigenvalue weighted by Gasteiger charge is -2.10. The predicted octanol–water partition coefficient (Wildman–Crippen LogP) is 5.07.